The van der Waals surface area contributed by atoms with Crippen molar-refractivity contribution < 1.29 is 31.9 Å². The minimum absolute atomic E-state index is 0.0271. The van der Waals surface area contributed by atoms with Crippen molar-refractivity contribution in [3.05, 3.63) is 70.8 Å². The highest BCUT2D eigenvalue weighted by atomic mass is 32.2. The molecular weight excluding hydrogens is 588 g/mol. The zero-order chi connectivity index (χ0) is 32.7. The smallest absolute Gasteiger partial charge is 0.243 e. The number of nitrogens with one attached hydrogen (secondary N) is 3. The third kappa shape index (κ3) is 12.6. The lowest BCUT2D eigenvalue weighted by atomic mass is 10.00. The molecule has 0 aliphatic rings. The number of halogens is 2. The van der Waals surface area contributed by atoms with Gasteiger partial charge in [0.05, 0.1) is 23.1 Å². The second kappa shape index (κ2) is 18.8. The Balaban J connectivity index is 2.31. The van der Waals surface area contributed by atoms with E-state index in [1.807, 2.05) is 38.1 Å². The summed E-state index contributed by atoms with van der Waals surface area (Å²) in [4.78, 5) is 26.2. The molecule has 0 spiro atoms. The topological polar surface area (TPSA) is 125 Å². The number of rotatable bonds is 20. The van der Waals surface area contributed by atoms with E-state index in [0.717, 1.165) is 35.7 Å². The Kier molecular flexibility index (Phi) is 15.9. The summed E-state index contributed by atoms with van der Waals surface area (Å²) in [5.74, 6) is -3.46. The van der Waals surface area contributed by atoms with Gasteiger partial charge in [-0.05, 0) is 60.9 Å². The minimum Gasteiger partial charge on any atom is -0.390 e. The molecule has 0 unspecified atom stereocenters. The van der Waals surface area contributed by atoms with Crippen molar-refractivity contribution in [1.82, 2.24) is 16.0 Å². The SMILES string of the molecule is CCCC(=O)N[C@H](CS(=O)(=O)C(CCC)CCC)C(=O)N[C@@H](Cc1cc(F)cc(F)c1)[C@H](O)CNCc1cccc(CC)c1. The molecular formula is C33H49F2N3O5S. The summed E-state index contributed by atoms with van der Waals surface area (Å²) in [6.45, 7) is 8.09. The first-order chi connectivity index (χ1) is 20.9. The molecule has 0 aliphatic heterocycles. The van der Waals surface area contributed by atoms with Crippen LogP contribution in [0.2, 0.25) is 0 Å². The summed E-state index contributed by atoms with van der Waals surface area (Å²) < 4.78 is 54.8. The summed E-state index contributed by atoms with van der Waals surface area (Å²) in [7, 11) is -3.78. The van der Waals surface area contributed by atoms with E-state index in [2.05, 4.69) is 22.9 Å². The summed E-state index contributed by atoms with van der Waals surface area (Å²) in [6, 6.07) is 8.46. The second-order valence-corrected chi connectivity index (χ2v) is 13.7. The van der Waals surface area contributed by atoms with Gasteiger partial charge in [0, 0.05) is 25.6 Å². The summed E-state index contributed by atoms with van der Waals surface area (Å²) in [5.41, 5.74) is 2.36. The highest BCUT2D eigenvalue weighted by molar-refractivity contribution is 7.92. The maximum Gasteiger partial charge on any atom is 0.243 e. The number of aliphatic hydroxyl groups excluding tert-OH is 1. The molecule has 246 valence electrons. The van der Waals surface area contributed by atoms with Gasteiger partial charge in [-0.3, -0.25) is 9.59 Å². The molecule has 0 saturated carbocycles. The van der Waals surface area contributed by atoms with Crippen LogP contribution >= 0.6 is 0 Å². The van der Waals surface area contributed by atoms with Crippen LogP contribution in [-0.4, -0.2) is 61.1 Å². The Morgan fingerprint density at radius 3 is 2.09 bits per heavy atom. The quantitative estimate of drug-likeness (QED) is 0.171. The highest BCUT2D eigenvalue weighted by Crippen LogP contribution is 2.18. The molecule has 2 rings (SSSR count). The number of benzene rings is 2. The van der Waals surface area contributed by atoms with Crippen LogP contribution in [-0.2, 0) is 38.8 Å². The summed E-state index contributed by atoms with van der Waals surface area (Å²) in [5, 5.41) is 18.9. The fraction of sp³-hybridized carbons (Fsp3) is 0.576. The molecule has 8 nitrogen and oxygen atoms in total. The lowest BCUT2D eigenvalue weighted by Crippen LogP contribution is -2.57. The molecule has 2 aromatic rings. The van der Waals surface area contributed by atoms with Gasteiger partial charge in [0.15, 0.2) is 9.84 Å². The fourth-order valence-electron chi connectivity index (χ4n) is 5.21. The van der Waals surface area contributed by atoms with Gasteiger partial charge in [-0.1, -0.05) is 64.8 Å². The first-order valence-electron chi connectivity index (χ1n) is 15.6. The number of carbonyl (C=O) groups excluding carboxylic acids is 2. The van der Waals surface area contributed by atoms with Gasteiger partial charge in [0.1, 0.15) is 17.7 Å². The largest absolute Gasteiger partial charge is 0.390 e. The average molecular weight is 638 g/mol. The number of aliphatic hydroxyl groups is 1. The third-order valence-electron chi connectivity index (χ3n) is 7.51. The molecule has 0 aromatic heterocycles. The number of hydrogen-bond donors (Lipinski definition) is 4. The molecule has 11 heteroatoms. The van der Waals surface area contributed by atoms with Crippen LogP contribution < -0.4 is 16.0 Å². The third-order valence-corrected chi connectivity index (χ3v) is 9.79. The van der Waals surface area contributed by atoms with Crippen molar-refractivity contribution in [2.24, 2.45) is 0 Å². The Morgan fingerprint density at radius 1 is 0.864 bits per heavy atom. The van der Waals surface area contributed by atoms with Crippen molar-refractivity contribution in [2.45, 2.75) is 109 Å². The van der Waals surface area contributed by atoms with Gasteiger partial charge in [-0.2, -0.15) is 0 Å². The van der Waals surface area contributed by atoms with Gasteiger partial charge in [0.2, 0.25) is 11.8 Å². The van der Waals surface area contributed by atoms with E-state index in [4.69, 9.17) is 0 Å². The van der Waals surface area contributed by atoms with Crippen LogP contribution in [0.5, 0.6) is 0 Å². The average Bonchev–Trinajstić information content (AvgIpc) is 2.96. The van der Waals surface area contributed by atoms with E-state index in [-0.39, 0.29) is 24.9 Å². The van der Waals surface area contributed by atoms with Crippen LogP contribution in [0, 0.1) is 11.6 Å². The Morgan fingerprint density at radius 2 is 1.50 bits per heavy atom. The van der Waals surface area contributed by atoms with E-state index < -0.39 is 62.5 Å². The van der Waals surface area contributed by atoms with E-state index in [1.54, 1.807) is 6.92 Å². The monoisotopic (exact) mass is 637 g/mol. The summed E-state index contributed by atoms with van der Waals surface area (Å²) in [6.07, 6.45) is 2.31. The van der Waals surface area contributed by atoms with E-state index >= 15 is 0 Å². The lowest BCUT2D eigenvalue weighted by molar-refractivity contribution is -0.129. The fourth-order valence-corrected chi connectivity index (χ4v) is 7.37. The number of aryl methyl sites for hydroxylation is 1. The van der Waals surface area contributed by atoms with Crippen LogP contribution in [0.15, 0.2) is 42.5 Å². The molecule has 0 aliphatic carbocycles. The molecule has 2 amide bonds. The Bertz CT molecular complexity index is 1280. The Hall–Kier alpha value is -2.89. The molecule has 0 heterocycles. The standard InChI is InChI=1S/C33H49F2N3O5S/c1-5-10-28(11-6-2)44(42,43)22-30(37-32(40)12-7-3)33(41)38-29(18-25-16-26(34)19-27(35)17-25)31(39)21-36-20-24-14-9-13-23(8-4)15-24/h9,13-17,19,28-31,36,39H,5-8,10-12,18,20-22H2,1-4H3,(H,37,40)(H,38,41)/t29-,30+,31+/m0/s1. The molecule has 3 atom stereocenters. The van der Waals surface area contributed by atoms with Crippen molar-refractivity contribution in [3.8, 4) is 0 Å². The van der Waals surface area contributed by atoms with Gasteiger partial charge < -0.3 is 21.1 Å². The molecule has 0 bridgehead atoms. The van der Waals surface area contributed by atoms with Crippen LogP contribution in [0.4, 0.5) is 8.78 Å². The molecule has 2 aromatic carbocycles. The van der Waals surface area contributed by atoms with Gasteiger partial charge in [0.25, 0.3) is 0 Å². The van der Waals surface area contributed by atoms with E-state index in [0.29, 0.717) is 38.6 Å². The summed E-state index contributed by atoms with van der Waals surface area (Å²) >= 11 is 0. The van der Waals surface area contributed by atoms with Crippen molar-refractivity contribution in [1.29, 1.82) is 0 Å². The normalized spacial score (nSPS) is 13.8. The second-order valence-electron chi connectivity index (χ2n) is 11.4. The maximum atomic E-state index is 14.0. The Labute approximate surface area is 261 Å². The molecule has 44 heavy (non-hydrogen) atoms. The first kappa shape index (κ1) is 37.3. The first-order valence-corrected chi connectivity index (χ1v) is 17.4. The van der Waals surface area contributed by atoms with E-state index in [9.17, 15) is 31.9 Å². The van der Waals surface area contributed by atoms with E-state index in [1.165, 1.54) is 0 Å². The van der Waals surface area contributed by atoms with Crippen LogP contribution in [0.1, 0.15) is 82.9 Å². The zero-order valence-electron chi connectivity index (χ0n) is 26.4. The maximum absolute atomic E-state index is 14.0. The number of carbonyl (C=O) groups is 2. The van der Waals surface area contributed by atoms with Crippen LogP contribution in [0.25, 0.3) is 0 Å². The zero-order valence-corrected chi connectivity index (χ0v) is 27.2. The van der Waals surface area contributed by atoms with Crippen LogP contribution in [0.3, 0.4) is 0 Å². The molecule has 0 saturated heterocycles. The van der Waals surface area contributed by atoms with Crippen molar-refractivity contribution in [2.75, 3.05) is 12.3 Å². The predicted octanol–water partition coefficient (Wildman–Crippen LogP) is 4.37. The van der Waals surface area contributed by atoms with Gasteiger partial charge >= 0.3 is 0 Å². The minimum atomic E-state index is -3.78. The van der Waals surface area contributed by atoms with Crippen molar-refractivity contribution >= 4 is 21.7 Å². The number of hydrogen-bond acceptors (Lipinski definition) is 6. The predicted molar refractivity (Wildman–Crippen MR) is 170 cm³/mol. The molecule has 4 N–H and O–H groups in total. The number of sulfone groups is 1. The highest BCUT2D eigenvalue weighted by Gasteiger charge is 2.34. The van der Waals surface area contributed by atoms with Gasteiger partial charge in [-0.25, -0.2) is 17.2 Å². The number of amides is 2. The molecule has 0 radical (unpaired) electrons. The lowest BCUT2D eigenvalue weighted by Gasteiger charge is -2.28. The van der Waals surface area contributed by atoms with Crippen molar-refractivity contribution in [3.63, 3.8) is 0 Å². The van der Waals surface area contributed by atoms with Gasteiger partial charge in [-0.15, -0.1) is 0 Å². The molecule has 0 fully saturated rings.